The van der Waals surface area contributed by atoms with E-state index < -0.39 is 0 Å². The molecule has 2 aromatic heterocycles. The van der Waals surface area contributed by atoms with E-state index in [2.05, 4.69) is 31.4 Å². The highest BCUT2D eigenvalue weighted by Crippen LogP contribution is 2.23. The fourth-order valence-electron chi connectivity index (χ4n) is 2.19. The SMILES string of the molecule is COc1ccccc1Cc1ncc2c(Br)cccn12. The molecule has 4 heteroatoms. The van der Waals surface area contributed by atoms with Gasteiger partial charge in [0.2, 0.25) is 0 Å². The number of nitrogens with zero attached hydrogens (tertiary/aromatic N) is 2. The Hall–Kier alpha value is -1.81. The minimum Gasteiger partial charge on any atom is -0.496 e. The first-order valence-electron chi connectivity index (χ1n) is 6.02. The van der Waals surface area contributed by atoms with E-state index in [1.165, 1.54) is 0 Å². The summed E-state index contributed by atoms with van der Waals surface area (Å²) in [6.07, 6.45) is 4.65. The van der Waals surface area contributed by atoms with Crippen LogP contribution in [0.1, 0.15) is 11.4 Å². The Morgan fingerprint density at radius 2 is 2.05 bits per heavy atom. The Labute approximate surface area is 120 Å². The molecule has 0 unspecified atom stereocenters. The highest BCUT2D eigenvalue weighted by atomic mass is 79.9. The number of hydrogen-bond acceptors (Lipinski definition) is 2. The van der Waals surface area contributed by atoms with Gasteiger partial charge in [0.1, 0.15) is 11.6 Å². The molecule has 0 fully saturated rings. The van der Waals surface area contributed by atoms with E-state index in [1.54, 1.807) is 7.11 Å². The standard InChI is InChI=1S/C15H13BrN2O/c1-19-14-7-3-2-5-11(14)9-15-17-10-13-12(16)6-4-8-18(13)15/h2-8,10H,9H2,1H3. The summed E-state index contributed by atoms with van der Waals surface area (Å²) in [5, 5.41) is 0. The van der Waals surface area contributed by atoms with Crippen LogP contribution in [0.25, 0.3) is 5.52 Å². The van der Waals surface area contributed by atoms with Gasteiger partial charge in [-0.25, -0.2) is 4.98 Å². The maximum absolute atomic E-state index is 5.38. The van der Waals surface area contributed by atoms with Gasteiger partial charge in [0, 0.05) is 22.7 Å². The number of rotatable bonds is 3. The Morgan fingerprint density at radius 1 is 1.21 bits per heavy atom. The predicted molar refractivity (Wildman–Crippen MR) is 78.7 cm³/mol. The smallest absolute Gasteiger partial charge is 0.122 e. The third kappa shape index (κ3) is 2.24. The average Bonchev–Trinajstić information content (AvgIpc) is 2.84. The summed E-state index contributed by atoms with van der Waals surface area (Å²) < 4.78 is 8.53. The van der Waals surface area contributed by atoms with Gasteiger partial charge in [-0.1, -0.05) is 18.2 Å². The summed E-state index contributed by atoms with van der Waals surface area (Å²) in [5.41, 5.74) is 2.21. The first-order chi connectivity index (χ1) is 9.29. The minimum absolute atomic E-state index is 0.745. The lowest BCUT2D eigenvalue weighted by Crippen LogP contribution is -1.98. The van der Waals surface area contributed by atoms with Crippen molar-refractivity contribution < 1.29 is 4.74 Å². The van der Waals surface area contributed by atoms with E-state index in [4.69, 9.17) is 4.74 Å². The van der Waals surface area contributed by atoms with Crippen LogP contribution in [0.2, 0.25) is 0 Å². The molecule has 19 heavy (non-hydrogen) atoms. The quantitative estimate of drug-likeness (QED) is 0.736. The molecule has 0 amide bonds. The lowest BCUT2D eigenvalue weighted by Gasteiger charge is -2.07. The number of hydrogen-bond donors (Lipinski definition) is 0. The second-order valence-corrected chi connectivity index (χ2v) is 5.13. The Morgan fingerprint density at radius 3 is 2.89 bits per heavy atom. The molecule has 0 aliphatic heterocycles. The summed E-state index contributed by atoms with van der Waals surface area (Å²) in [4.78, 5) is 4.50. The second kappa shape index (κ2) is 5.05. The number of benzene rings is 1. The molecular weight excluding hydrogens is 304 g/mol. The van der Waals surface area contributed by atoms with Gasteiger partial charge in [0.15, 0.2) is 0 Å². The molecule has 0 spiro atoms. The van der Waals surface area contributed by atoms with Crippen molar-refractivity contribution >= 4 is 21.4 Å². The molecule has 0 saturated heterocycles. The molecular formula is C15H13BrN2O. The van der Waals surface area contributed by atoms with Crippen LogP contribution in [0.3, 0.4) is 0 Å². The zero-order chi connectivity index (χ0) is 13.2. The van der Waals surface area contributed by atoms with E-state index in [1.807, 2.05) is 42.7 Å². The van der Waals surface area contributed by atoms with E-state index >= 15 is 0 Å². The van der Waals surface area contributed by atoms with E-state index in [0.717, 1.165) is 33.5 Å². The van der Waals surface area contributed by atoms with E-state index in [-0.39, 0.29) is 0 Å². The topological polar surface area (TPSA) is 26.5 Å². The van der Waals surface area contributed by atoms with Crippen molar-refractivity contribution in [3.05, 3.63) is 64.7 Å². The van der Waals surface area contributed by atoms with Crippen molar-refractivity contribution in [1.82, 2.24) is 9.38 Å². The minimum atomic E-state index is 0.745. The molecule has 3 rings (SSSR count). The van der Waals surface area contributed by atoms with Crippen LogP contribution in [0.4, 0.5) is 0 Å². The highest BCUT2D eigenvalue weighted by Gasteiger charge is 2.09. The highest BCUT2D eigenvalue weighted by molar-refractivity contribution is 9.10. The van der Waals surface area contributed by atoms with Gasteiger partial charge in [-0.05, 0) is 34.1 Å². The number of para-hydroxylation sites is 1. The van der Waals surface area contributed by atoms with Gasteiger partial charge in [-0.15, -0.1) is 0 Å². The zero-order valence-corrected chi connectivity index (χ0v) is 12.1. The number of aromatic nitrogens is 2. The number of halogens is 1. The fraction of sp³-hybridized carbons (Fsp3) is 0.133. The lowest BCUT2D eigenvalue weighted by molar-refractivity contribution is 0.410. The van der Waals surface area contributed by atoms with E-state index in [9.17, 15) is 0 Å². The number of ether oxygens (including phenoxy) is 1. The summed E-state index contributed by atoms with van der Waals surface area (Å²) in [7, 11) is 1.69. The molecule has 0 saturated carbocycles. The maximum Gasteiger partial charge on any atom is 0.122 e. The largest absolute Gasteiger partial charge is 0.496 e. The van der Waals surface area contributed by atoms with Crippen molar-refractivity contribution in [3.63, 3.8) is 0 Å². The first-order valence-corrected chi connectivity index (χ1v) is 6.81. The normalized spacial score (nSPS) is 10.8. The molecule has 0 N–H and O–H groups in total. The summed E-state index contributed by atoms with van der Waals surface area (Å²) in [5.74, 6) is 1.90. The van der Waals surface area contributed by atoms with Gasteiger partial charge in [0.25, 0.3) is 0 Å². The molecule has 0 bridgehead atoms. The van der Waals surface area contributed by atoms with Crippen LogP contribution in [0.5, 0.6) is 5.75 Å². The number of pyridine rings is 1. The Bertz CT molecular complexity index is 721. The van der Waals surface area contributed by atoms with Crippen LogP contribution in [-0.4, -0.2) is 16.5 Å². The summed E-state index contributed by atoms with van der Waals surface area (Å²) >= 11 is 3.54. The zero-order valence-electron chi connectivity index (χ0n) is 10.5. The number of imidazole rings is 1. The molecule has 0 radical (unpaired) electrons. The summed E-state index contributed by atoms with van der Waals surface area (Å²) in [6, 6.07) is 12.1. The van der Waals surface area contributed by atoms with E-state index in [0.29, 0.717) is 0 Å². The number of fused-ring (bicyclic) bond motifs is 1. The fourth-order valence-corrected chi connectivity index (χ4v) is 2.64. The lowest BCUT2D eigenvalue weighted by atomic mass is 10.1. The Balaban J connectivity index is 2.04. The van der Waals surface area contributed by atoms with Crippen LogP contribution in [0, 0.1) is 0 Å². The molecule has 2 heterocycles. The molecule has 3 aromatic rings. The van der Waals surface area contributed by atoms with Gasteiger partial charge < -0.3 is 9.14 Å². The maximum atomic E-state index is 5.38. The monoisotopic (exact) mass is 316 g/mol. The number of methoxy groups -OCH3 is 1. The van der Waals surface area contributed by atoms with Crippen molar-refractivity contribution in [2.24, 2.45) is 0 Å². The van der Waals surface area contributed by atoms with Gasteiger partial charge in [-0.2, -0.15) is 0 Å². The molecule has 3 nitrogen and oxygen atoms in total. The van der Waals surface area contributed by atoms with Crippen molar-refractivity contribution in [3.8, 4) is 5.75 Å². The second-order valence-electron chi connectivity index (χ2n) is 4.27. The van der Waals surface area contributed by atoms with Crippen LogP contribution < -0.4 is 4.74 Å². The predicted octanol–water partition coefficient (Wildman–Crippen LogP) is 3.70. The Kier molecular flexibility index (Phi) is 3.25. The first kappa shape index (κ1) is 12.2. The molecule has 1 aromatic carbocycles. The molecule has 0 aliphatic rings. The molecule has 0 aliphatic carbocycles. The van der Waals surface area contributed by atoms with Crippen LogP contribution in [0.15, 0.2) is 53.3 Å². The van der Waals surface area contributed by atoms with Crippen LogP contribution >= 0.6 is 15.9 Å². The average molecular weight is 317 g/mol. The third-order valence-corrected chi connectivity index (χ3v) is 3.81. The van der Waals surface area contributed by atoms with Gasteiger partial charge >= 0.3 is 0 Å². The van der Waals surface area contributed by atoms with Gasteiger partial charge in [-0.3, -0.25) is 0 Å². The van der Waals surface area contributed by atoms with Gasteiger partial charge in [0.05, 0.1) is 18.8 Å². The van der Waals surface area contributed by atoms with Crippen molar-refractivity contribution in [1.29, 1.82) is 0 Å². The van der Waals surface area contributed by atoms with Crippen molar-refractivity contribution in [2.45, 2.75) is 6.42 Å². The van der Waals surface area contributed by atoms with Crippen molar-refractivity contribution in [2.75, 3.05) is 7.11 Å². The molecule has 0 atom stereocenters. The molecule has 96 valence electrons. The third-order valence-electron chi connectivity index (χ3n) is 3.14. The summed E-state index contributed by atoms with van der Waals surface area (Å²) in [6.45, 7) is 0. The van der Waals surface area contributed by atoms with Crippen LogP contribution in [-0.2, 0) is 6.42 Å².